The molecule has 9 nitrogen and oxygen atoms in total. The van der Waals surface area contributed by atoms with Crippen LogP contribution in [-0.4, -0.2) is 35.7 Å². The smallest absolute Gasteiger partial charge is 0.311 e. The van der Waals surface area contributed by atoms with Crippen molar-refractivity contribution < 1.29 is 19.1 Å². The number of nitrogens with two attached hydrogens (primary N) is 1. The van der Waals surface area contributed by atoms with Crippen LogP contribution in [-0.2, 0) is 26.2 Å². The first kappa shape index (κ1) is 18.3. The maximum atomic E-state index is 13.8. The summed E-state index contributed by atoms with van der Waals surface area (Å²) < 4.78 is 10.3. The molecule has 0 radical (unpaired) electrons. The Labute approximate surface area is 166 Å². The molecule has 0 unspecified atom stereocenters. The van der Waals surface area contributed by atoms with E-state index in [0.717, 1.165) is 0 Å². The van der Waals surface area contributed by atoms with Crippen LogP contribution in [0.3, 0.4) is 0 Å². The van der Waals surface area contributed by atoms with Crippen LogP contribution in [0.2, 0.25) is 0 Å². The number of nitriles is 1. The molecule has 146 valence electrons. The summed E-state index contributed by atoms with van der Waals surface area (Å²) >= 11 is 0. The molecule has 9 heteroatoms. The summed E-state index contributed by atoms with van der Waals surface area (Å²) in [4.78, 5) is 27.3. The number of aromatic amines is 1. The van der Waals surface area contributed by atoms with E-state index >= 15 is 0 Å². The number of amides is 1. The van der Waals surface area contributed by atoms with E-state index in [1.165, 1.54) is 12.0 Å². The van der Waals surface area contributed by atoms with Crippen LogP contribution >= 0.6 is 0 Å². The summed E-state index contributed by atoms with van der Waals surface area (Å²) in [6.07, 6.45) is 1.41. The number of carbonyl (C=O) groups is 2. The van der Waals surface area contributed by atoms with Crippen LogP contribution in [0.5, 0.6) is 5.88 Å². The molecule has 3 N–H and O–H groups in total. The van der Waals surface area contributed by atoms with E-state index in [-0.39, 0.29) is 35.9 Å². The van der Waals surface area contributed by atoms with Crippen molar-refractivity contribution in [2.24, 2.45) is 5.73 Å². The Kier molecular flexibility index (Phi) is 4.12. The predicted molar refractivity (Wildman–Crippen MR) is 102 cm³/mol. The van der Waals surface area contributed by atoms with Crippen LogP contribution < -0.4 is 15.4 Å². The van der Waals surface area contributed by atoms with E-state index < -0.39 is 17.3 Å². The zero-order valence-corrected chi connectivity index (χ0v) is 15.6. The van der Waals surface area contributed by atoms with E-state index in [0.29, 0.717) is 16.9 Å². The topological polar surface area (TPSA) is 134 Å². The molecule has 0 saturated heterocycles. The van der Waals surface area contributed by atoms with Crippen molar-refractivity contribution >= 4 is 17.6 Å². The van der Waals surface area contributed by atoms with Gasteiger partial charge >= 0.3 is 5.97 Å². The van der Waals surface area contributed by atoms with Gasteiger partial charge in [-0.2, -0.15) is 5.26 Å². The second-order valence-electron chi connectivity index (χ2n) is 6.56. The molecule has 3 heterocycles. The molecule has 0 aliphatic carbocycles. The second kappa shape index (κ2) is 6.53. The number of methoxy groups -OCH3 is 1. The summed E-state index contributed by atoms with van der Waals surface area (Å²) in [6.45, 7) is 3.95. The van der Waals surface area contributed by atoms with E-state index in [1.807, 2.05) is 6.07 Å². The van der Waals surface area contributed by atoms with Gasteiger partial charge in [-0.05, 0) is 6.07 Å². The standard InChI is InChI=1S/C20H17N5O4/c1-3-8-25-14-7-5-4-6-11(14)20(19(25)27)12(10-21)17(22)29-18-16(20)13(23-24-18)9-15(26)28-2/h3-7H,1,8-9,22H2,2H3,(H,23,24)/t20-/m1/s1. The molecular formula is C20H17N5O4. The number of H-pyrrole nitrogens is 1. The van der Waals surface area contributed by atoms with Gasteiger partial charge in [-0.15, -0.1) is 11.7 Å². The fourth-order valence-electron chi connectivity index (χ4n) is 4.01. The van der Waals surface area contributed by atoms with E-state index in [9.17, 15) is 14.9 Å². The van der Waals surface area contributed by atoms with Crippen LogP contribution in [0.4, 0.5) is 5.69 Å². The summed E-state index contributed by atoms with van der Waals surface area (Å²) in [6, 6.07) is 9.15. The SMILES string of the molecule is C=CCN1C(=O)[C@@]2(C(C#N)=C(N)Oc3n[nH]c(CC(=O)OC)c32)c2ccccc21. The van der Waals surface area contributed by atoms with E-state index in [1.54, 1.807) is 30.3 Å². The highest BCUT2D eigenvalue weighted by atomic mass is 16.5. The van der Waals surface area contributed by atoms with Gasteiger partial charge in [-0.3, -0.25) is 14.7 Å². The molecule has 2 aliphatic heterocycles. The minimum Gasteiger partial charge on any atom is -0.469 e. The lowest BCUT2D eigenvalue weighted by molar-refractivity contribution is -0.139. The molecule has 29 heavy (non-hydrogen) atoms. The number of hydrogen-bond acceptors (Lipinski definition) is 7. The lowest BCUT2D eigenvalue weighted by Gasteiger charge is -2.32. The summed E-state index contributed by atoms with van der Waals surface area (Å²) in [5.74, 6) is -1.09. The number of nitrogens with zero attached hydrogens (tertiary/aromatic N) is 3. The minimum atomic E-state index is -1.58. The Morgan fingerprint density at radius 3 is 2.97 bits per heavy atom. The van der Waals surface area contributed by atoms with Crippen LogP contribution in [0.25, 0.3) is 0 Å². The van der Waals surface area contributed by atoms with Gasteiger partial charge in [0.15, 0.2) is 0 Å². The third kappa shape index (κ3) is 2.29. The zero-order valence-electron chi connectivity index (χ0n) is 15.6. The number of hydrogen-bond donors (Lipinski definition) is 2. The van der Waals surface area contributed by atoms with Gasteiger partial charge in [0.25, 0.3) is 0 Å². The zero-order chi connectivity index (χ0) is 20.8. The van der Waals surface area contributed by atoms with Crippen molar-refractivity contribution in [1.82, 2.24) is 10.2 Å². The highest BCUT2D eigenvalue weighted by Gasteiger charge is 2.60. The molecule has 2 aliphatic rings. The molecule has 1 aromatic heterocycles. The number of anilines is 1. The fraction of sp³-hybridized carbons (Fsp3) is 0.200. The number of fused-ring (bicyclic) bond motifs is 4. The Balaban J connectivity index is 2.08. The Morgan fingerprint density at radius 2 is 2.28 bits per heavy atom. The Hall–Kier alpha value is -4.06. The van der Waals surface area contributed by atoms with Crippen LogP contribution in [0, 0.1) is 11.3 Å². The average molecular weight is 391 g/mol. The first-order valence-corrected chi connectivity index (χ1v) is 8.75. The molecule has 4 rings (SSSR count). The molecular weight excluding hydrogens is 374 g/mol. The van der Waals surface area contributed by atoms with Gasteiger partial charge in [-0.1, -0.05) is 24.3 Å². The van der Waals surface area contributed by atoms with Crippen molar-refractivity contribution in [3.8, 4) is 11.9 Å². The number of nitrogens with one attached hydrogen (secondary N) is 1. The monoisotopic (exact) mass is 391 g/mol. The van der Waals surface area contributed by atoms with E-state index in [2.05, 4.69) is 16.8 Å². The molecule has 1 aromatic carbocycles. The summed E-state index contributed by atoms with van der Waals surface area (Å²) in [5, 5.41) is 16.8. The number of rotatable bonds is 4. The summed E-state index contributed by atoms with van der Waals surface area (Å²) in [5.41, 5.74) is 6.18. The van der Waals surface area contributed by atoms with Crippen molar-refractivity contribution in [2.75, 3.05) is 18.6 Å². The Bertz CT molecular complexity index is 1130. The number of ether oxygens (including phenoxy) is 2. The average Bonchev–Trinajstić information content (AvgIpc) is 3.22. The first-order chi connectivity index (χ1) is 14.0. The van der Waals surface area contributed by atoms with Crippen LogP contribution in [0.1, 0.15) is 16.8 Å². The molecule has 0 saturated carbocycles. The number of esters is 1. The lowest BCUT2D eigenvalue weighted by atomic mass is 9.69. The lowest BCUT2D eigenvalue weighted by Crippen LogP contribution is -2.46. The maximum Gasteiger partial charge on any atom is 0.311 e. The van der Waals surface area contributed by atoms with Gasteiger partial charge < -0.3 is 20.1 Å². The quantitative estimate of drug-likeness (QED) is 0.587. The molecule has 0 bridgehead atoms. The number of carbonyl (C=O) groups excluding carboxylic acids is 2. The number of aromatic nitrogens is 2. The third-order valence-corrected chi connectivity index (χ3v) is 5.15. The van der Waals surface area contributed by atoms with Crippen molar-refractivity contribution in [3.63, 3.8) is 0 Å². The molecule has 1 atom stereocenters. The van der Waals surface area contributed by atoms with Gasteiger partial charge in [0.05, 0.1) is 24.8 Å². The number of para-hydroxylation sites is 1. The molecule has 2 aromatic rings. The Morgan fingerprint density at radius 1 is 1.52 bits per heavy atom. The largest absolute Gasteiger partial charge is 0.469 e. The molecule has 1 spiro atoms. The molecule has 1 amide bonds. The third-order valence-electron chi connectivity index (χ3n) is 5.15. The van der Waals surface area contributed by atoms with Gasteiger partial charge in [0.1, 0.15) is 17.1 Å². The van der Waals surface area contributed by atoms with Crippen molar-refractivity contribution in [3.05, 3.63) is 65.2 Å². The summed E-state index contributed by atoms with van der Waals surface area (Å²) in [7, 11) is 1.26. The van der Waals surface area contributed by atoms with Crippen molar-refractivity contribution in [1.29, 1.82) is 5.26 Å². The van der Waals surface area contributed by atoms with Crippen LogP contribution in [0.15, 0.2) is 48.4 Å². The van der Waals surface area contributed by atoms with Gasteiger partial charge in [0, 0.05) is 17.8 Å². The first-order valence-electron chi connectivity index (χ1n) is 8.75. The van der Waals surface area contributed by atoms with Crippen molar-refractivity contribution in [2.45, 2.75) is 11.8 Å². The highest BCUT2D eigenvalue weighted by molar-refractivity contribution is 6.14. The predicted octanol–water partition coefficient (Wildman–Crippen LogP) is 1.03. The second-order valence-corrected chi connectivity index (χ2v) is 6.56. The number of benzene rings is 1. The van der Waals surface area contributed by atoms with E-state index in [4.69, 9.17) is 15.2 Å². The fourth-order valence-corrected chi connectivity index (χ4v) is 4.01. The maximum absolute atomic E-state index is 13.8. The molecule has 0 fully saturated rings. The minimum absolute atomic E-state index is 0.0454. The normalized spacial score (nSPS) is 19.4. The highest BCUT2D eigenvalue weighted by Crippen LogP contribution is 2.55. The van der Waals surface area contributed by atoms with Gasteiger partial charge in [0.2, 0.25) is 17.7 Å². The van der Waals surface area contributed by atoms with Gasteiger partial charge in [-0.25, -0.2) is 0 Å².